The molecule has 1 aromatic rings. The lowest BCUT2D eigenvalue weighted by molar-refractivity contribution is -0.132. The van der Waals surface area contributed by atoms with E-state index in [0.717, 1.165) is 0 Å². The first-order valence-electron chi connectivity index (χ1n) is 5.57. The predicted octanol–water partition coefficient (Wildman–Crippen LogP) is 3.27. The molecule has 0 amide bonds. The first-order valence-corrected chi connectivity index (χ1v) is 5.95. The van der Waals surface area contributed by atoms with E-state index in [2.05, 4.69) is 14.8 Å². The van der Waals surface area contributed by atoms with E-state index in [1.807, 2.05) is 0 Å². The number of aliphatic carboxylic acids is 1. The van der Waals surface area contributed by atoms with Gasteiger partial charge in [-0.15, -0.1) is 0 Å². The number of rotatable bonds is 6. The fourth-order valence-corrected chi connectivity index (χ4v) is 1.89. The molecule has 21 heavy (non-hydrogen) atoms. The zero-order valence-corrected chi connectivity index (χ0v) is 11.6. The summed E-state index contributed by atoms with van der Waals surface area (Å²) in [6.07, 6.45) is 1.27. The van der Waals surface area contributed by atoms with E-state index in [0.29, 0.717) is 11.1 Å². The average molecular weight is 319 g/mol. The van der Waals surface area contributed by atoms with Gasteiger partial charge in [0.2, 0.25) is 4.91 Å². The van der Waals surface area contributed by atoms with Crippen molar-refractivity contribution >= 4 is 23.6 Å². The second-order valence-corrected chi connectivity index (χ2v) is 4.31. The van der Waals surface area contributed by atoms with Crippen LogP contribution in [0.5, 0.6) is 5.75 Å². The molecular weight excluding hydrogens is 308 g/mol. The van der Waals surface area contributed by atoms with Crippen molar-refractivity contribution in [3.63, 3.8) is 0 Å². The molecule has 0 saturated carbocycles. The van der Waals surface area contributed by atoms with Crippen molar-refractivity contribution in [3.05, 3.63) is 33.9 Å². The van der Waals surface area contributed by atoms with Crippen molar-refractivity contribution in [2.24, 2.45) is 5.11 Å². The SMILES string of the molecule is Cc1cc(C=C(CN=[N+]=N)C(=O)O)cc(Cl)c1OC(F)F. The van der Waals surface area contributed by atoms with Crippen molar-refractivity contribution in [3.8, 4) is 5.75 Å². The van der Waals surface area contributed by atoms with Gasteiger partial charge < -0.3 is 9.84 Å². The molecule has 0 aliphatic rings. The van der Waals surface area contributed by atoms with Gasteiger partial charge in [0.05, 0.1) is 10.6 Å². The Morgan fingerprint density at radius 3 is 2.76 bits per heavy atom. The highest BCUT2D eigenvalue weighted by Crippen LogP contribution is 2.32. The van der Waals surface area contributed by atoms with Gasteiger partial charge in [0.15, 0.2) is 6.54 Å². The number of aryl methyl sites for hydroxylation is 1. The molecule has 0 aliphatic carbocycles. The Morgan fingerprint density at radius 1 is 1.62 bits per heavy atom. The molecule has 0 aromatic heterocycles. The molecule has 0 fully saturated rings. The number of halogens is 3. The number of hydrogen-bond acceptors (Lipinski definition) is 4. The number of carboxylic acid groups (broad SMARTS) is 1. The summed E-state index contributed by atoms with van der Waals surface area (Å²) in [6.45, 7) is -1.79. The minimum atomic E-state index is -3.00. The number of benzene rings is 1. The molecule has 9 heteroatoms. The topological polar surface area (TPSA) is 96.8 Å². The van der Waals surface area contributed by atoms with Crippen LogP contribution in [0.1, 0.15) is 11.1 Å². The van der Waals surface area contributed by atoms with E-state index < -0.39 is 12.6 Å². The maximum atomic E-state index is 12.2. The summed E-state index contributed by atoms with van der Waals surface area (Å²) < 4.78 is 28.7. The second kappa shape index (κ2) is 7.47. The van der Waals surface area contributed by atoms with Crippen LogP contribution in [0.15, 0.2) is 22.8 Å². The maximum absolute atomic E-state index is 12.2. The Balaban J connectivity index is 3.19. The third kappa shape index (κ3) is 4.94. The fraction of sp³-hybridized carbons (Fsp3) is 0.250. The molecule has 2 N–H and O–H groups in total. The van der Waals surface area contributed by atoms with Gasteiger partial charge in [-0.3, -0.25) is 0 Å². The minimum Gasteiger partial charge on any atom is -0.478 e. The summed E-state index contributed by atoms with van der Waals surface area (Å²) in [7, 11) is 0. The smallest absolute Gasteiger partial charge is 0.387 e. The van der Waals surface area contributed by atoms with Crippen molar-refractivity contribution in [2.75, 3.05) is 6.54 Å². The Kier molecular flexibility index (Phi) is 5.95. The summed E-state index contributed by atoms with van der Waals surface area (Å²) >= 11 is 5.84. The monoisotopic (exact) mass is 318 g/mol. The molecule has 1 rings (SSSR count). The summed E-state index contributed by atoms with van der Waals surface area (Å²) in [5.74, 6) is -1.39. The van der Waals surface area contributed by atoms with Crippen LogP contribution in [-0.4, -0.2) is 24.2 Å². The molecule has 6 nitrogen and oxygen atoms in total. The highest BCUT2D eigenvalue weighted by molar-refractivity contribution is 6.32. The van der Waals surface area contributed by atoms with Crippen LogP contribution in [0, 0.1) is 12.5 Å². The number of nitrogens with one attached hydrogen (secondary N) is 1. The van der Waals surface area contributed by atoms with E-state index >= 15 is 0 Å². The van der Waals surface area contributed by atoms with Gasteiger partial charge in [-0.25, -0.2) is 4.79 Å². The van der Waals surface area contributed by atoms with E-state index in [-0.39, 0.29) is 22.9 Å². The molecule has 0 saturated heterocycles. The normalized spacial score (nSPS) is 11.2. The molecule has 0 spiro atoms. The molecular formula is C12H11ClF2N3O3+. The molecule has 0 atom stereocenters. The highest BCUT2D eigenvalue weighted by atomic mass is 35.5. The number of alkyl halides is 2. The lowest BCUT2D eigenvalue weighted by Gasteiger charge is -2.11. The summed E-state index contributed by atoms with van der Waals surface area (Å²) in [5, 5.41) is 12.2. The Hall–Kier alpha value is -2.31. The van der Waals surface area contributed by atoms with Crippen LogP contribution in [0.25, 0.3) is 6.08 Å². The second-order valence-electron chi connectivity index (χ2n) is 3.90. The lowest BCUT2D eigenvalue weighted by atomic mass is 10.1. The third-order valence-corrected chi connectivity index (χ3v) is 2.67. The summed E-state index contributed by atoms with van der Waals surface area (Å²) in [4.78, 5) is 13.7. The zero-order valence-electron chi connectivity index (χ0n) is 10.8. The number of carboxylic acids is 1. The molecule has 0 heterocycles. The third-order valence-electron chi connectivity index (χ3n) is 2.39. The predicted molar refractivity (Wildman–Crippen MR) is 70.6 cm³/mol. The van der Waals surface area contributed by atoms with Gasteiger partial charge >= 0.3 is 12.6 Å². The van der Waals surface area contributed by atoms with Crippen LogP contribution in [-0.2, 0) is 4.79 Å². The Labute approximate surface area is 123 Å². The molecule has 0 unspecified atom stereocenters. The minimum absolute atomic E-state index is 0.0617. The van der Waals surface area contributed by atoms with Crippen molar-refractivity contribution in [1.82, 2.24) is 4.91 Å². The molecule has 0 bridgehead atoms. The first-order chi connectivity index (χ1) is 9.85. The van der Waals surface area contributed by atoms with E-state index in [4.69, 9.17) is 22.2 Å². The quantitative estimate of drug-likeness (QED) is 0.478. The van der Waals surface area contributed by atoms with Crippen LogP contribution in [0.3, 0.4) is 0 Å². The van der Waals surface area contributed by atoms with Gasteiger partial charge in [0.1, 0.15) is 16.4 Å². The van der Waals surface area contributed by atoms with Crippen molar-refractivity contribution < 1.29 is 23.4 Å². The van der Waals surface area contributed by atoms with E-state index in [1.165, 1.54) is 25.1 Å². The number of ether oxygens (including phenoxy) is 1. The summed E-state index contributed by atoms with van der Waals surface area (Å²) in [5.41, 5.74) is 7.11. The standard InChI is InChI=1S/C12H10ClF2N3O3/c1-6-2-7(3-8(11(19)20)5-17-18-16)4-9(13)10(6)21-12(14)15/h2-4,12,16H,5H2,1H3/p+1. The lowest BCUT2D eigenvalue weighted by Crippen LogP contribution is -2.05. The zero-order chi connectivity index (χ0) is 16.0. The molecule has 112 valence electrons. The van der Waals surface area contributed by atoms with E-state index in [9.17, 15) is 13.6 Å². The maximum Gasteiger partial charge on any atom is 0.387 e. The highest BCUT2D eigenvalue weighted by Gasteiger charge is 2.14. The summed E-state index contributed by atoms with van der Waals surface area (Å²) in [6, 6.07) is 2.75. The first kappa shape index (κ1) is 16.7. The largest absolute Gasteiger partial charge is 0.478 e. The molecule has 1 aromatic carbocycles. The number of carbonyl (C=O) groups is 1. The average Bonchev–Trinajstić information content (AvgIpc) is 2.38. The van der Waals surface area contributed by atoms with Crippen LogP contribution in [0.4, 0.5) is 8.78 Å². The van der Waals surface area contributed by atoms with Crippen LogP contribution >= 0.6 is 11.6 Å². The molecule has 0 radical (unpaired) electrons. The van der Waals surface area contributed by atoms with Gasteiger partial charge in [-0.1, -0.05) is 11.6 Å². The van der Waals surface area contributed by atoms with Gasteiger partial charge in [-0.05, 0) is 36.3 Å². The van der Waals surface area contributed by atoms with Crippen LogP contribution < -0.4 is 9.65 Å². The molecule has 0 aliphatic heterocycles. The van der Waals surface area contributed by atoms with Crippen molar-refractivity contribution in [1.29, 1.82) is 5.53 Å². The number of nitrogens with zero attached hydrogens (tertiary/aromatic N) is 2. The Bertz CT molecular complexity index is 605. The number of hydrogen-bond donors (Lipinski definition) is 2. The van der Waals surface area contributed by atoms with Gasteiger partial charge in [0, 0.05) is 0 Å². The van der Waals surface area contributed by atoms with Gasteiger partial charge in [-0.2, -0.15) is 8.78 Å². The van der Waals surface area contributed by atoms with Crippen LogP contribution in [0.2, 0.25) is 5.02 Å². The van der Waals surface area contributed by atoms with E-state index in [1.54, 1.807) is 0 Å². The fourth-order valence-electron chi connectivity index (χ4n) is 1.57. The Morgan fingerprint density at radius 2 is 2.29 bits per heavy atom. The van der Waals surface area contributed by atoms with Gasteiger partial charge in [0.25, 0.3) is 0 Å². The van der Waals surface area contributed by atoms with Crippen molar-refractivity contribution in [2.45, 2.75) is 13.5 Å².